The Labute approximate surface area is 179 Å². The van der Waals surface area contributed by atoms with Crippen molar-refractivity contribution in [1.82, 2.24) is 15.1 Å². The molecule has 1 fully saturated rings. The minimum Gasteiger partial charge on any atom is -0.484 e. The zero-order chi connectivity index (χ0) is 21.2. The quantitative estimate of drug-likeness (QED) is 0.622. The molecule has 2 aromatic carbocycles. The SMILES string of the molecule is Cc1ccc(OCC(=O)N2CCCC(c3nnc(-c4ccc5c(c4)OCO5)o3)C2)cc1. The zero-order valence-electron chi connectivity index (χ0n) is 17.2. The van der Waals surface area contributed by atoms with Crippen LogP contribution in [0.2, 0.25) is 0 Å². The molecule has 0 bridgehead atoms. The van der Waals surface area contributed by atoms with Crippen LogP contribution >= 0.6 is 0 Å². The van der Waals surface area contributed by atoms with Crippen LogP contribution in [0.15, 0.2) is 46.9 Å². The minimum atomic E-state index is -0.0409. The van der Waals surface area contributed by atoms with Gasteiger partial charge in [0.25, 0.3) is 5.91 Å². The number of aryl methyl sites for hydroxylation is 1. The Balaban J connectivity index is 1.22. The Morgan fingerprint density at radius 3 is 2.84 bits per heavy atom. The van der Waals surface area contributed by atoms with E-state index in [0.717, 1.165) is 24.0 Å². The fourth-order valence-electron chi connectivity index (χ4n) is 3.82. The van der Waals surface area contributed by atoms with Crippen molar-refractivity contribution in [2.24, 2.45) is 0 Å². The molecule has 31 heavy (non-hydrogen) atoms. The lowest BCUT2D eigenvalue weighted by Crippen LogP contribution is -2.41. The van der Waals surface area contributed by atoms with Crippen molar-refractivity contribution in [1.29, 1.82) is 0 Å². The number of piperidine rings is 1. The third-order valence-corrected chi connectivity index (χ3v) is 5.57. The number of amides is 1. The van der Waals surface area contributed by atoms with E-state index in [1.165, 1.54) is 0 Å². The third-order valence-electron chi connectivity index (χ3n) is 5.57. The number of aromatic nitrogens is 2. The molecule has 3 heterocycles. The van der Waals surface area contributed by atoms with E-state index in [0.29, 0.717) is 42.1 Å². The van der Waals surface area contributed by atoms with Gasteiger partial charge in [0, 0.05) is 18.7 Å². The highest BCUT2D eigenvalue weighted by molar-refractivity contribution is 5.78. The lowest BCUT2D eigenvalue weighted by Gasteiger charge is -2.31. The third kappa shape index (κ3) is 4.19. The summed E-state index contributed by atoms with van der Waals surface area (Å²) in [5.74, 6) is 3.01. The molecule has 2 aliphatic rings. The van der Waals surface area contributed by atoms with Crippen LogP contribution in [-0.2, 0) is 4.79 Å². The lowest BCUT2D eigenvalue weighted by atomic mass is 9.98. The van der Waals surface area contributed by atoms with Gasteiger partial charge < -0.3 is 23.5 Å². The zero-order valence-corrected chi connectivity index (χ0v) is 17.2. The Morgan fingerprint density at radius 1 is 1.13 bits per heavy atom. The second-order valence-corrected chi connectivity index (χ2v) is 7.79. The summed E-state index contributed by atoms with van der Waals surface area (Å²) >= 11 is 0. The van der Waals surface area contributed by atoms with Crippen LogP contribution in [0.1, 0.15) is 30.2 Å². The van der Waals surface area contributed by atoms with Crippen molar-refractivity contribution in [3.63, 3.8) is 0 Å². The van der Waals surface area contributed by atoms with Crippen LogP contribution in [-0.4, -0.2) is 47.5 Å². The van der Waals surface area contributed by atoms with Gasteiger partial charge in [0.1, 0.15) is 5.75 Å². The van der Waals surface area contributed by atoms with E-state index in [2.05, 4.69) is 10.2 Å². The van der Waals surface area contributed by atoms with Gasteiger partial charge in [-0.15, -0.1) is 10.2 Å². The van der Waals surface area contributed by atoms with Crippen molar-refractivity contribution in [3.05, 3.63) is 53.9 Å². The summed E-state index contributed by atoms with van der Waals surface area (Å²) in [6, 6.07) is 13.2. The van der Waals surface area contributed by atoms with E-state index in [1.807, 2.05) is 54.3 Å². The minimum absolute atomic E-state index is 0.00679. The molecule has 2 aliphatic heterocycles. The molecule has 1 atom stereocenters. The summed E-state index contributed by atoms with van der Waals surface area (Å²) in [4.78, 5) is 14.5. The van der Waals surface area contributed by atoms with Crippen LogP contribution < -0.4 is 14.2 Å². The molecule has 0 aliphatic carbocycles. The predicted molar refractivity (Wildman–Crippen MR) is 111 cm³/mol. The Bertz CT molecular complexity index is 1080. The second-order valence-electron chi connectivity index (χ2n) is 7.79. The molecule has 0 spiro atoms. The summed E-state index contributed by atoms with van der Waals surface area (Å²) in [5, 5.41) is 8.45. The van der Waals surface area contributed by atoms with Gasteiger partial charge in [-0.25, -0.2) is 0 Å². The molecule has 1 amide bonds. The Hall–Kier alpha value is -3.55. The van der Waals surface area contributed by atoms with Crippen LogP contribution in [0.4, 0.5) is 0 Å². The van der Waals surface area contributed by atoms with Crippen molar-refractivity contribution < 1.29 is 23.4 Å². The number of hydrogen-bond donors (Lipinski definition) is 0. The molecule has 0 radical (unpaired) electrons. The number of nitrogens with zero attached hydrogens (tertiary/aromatic N) is 3. The summed E-state index contributed by atoms with van der Waals surface area (Å²) < 4.78 is 22.4. The van der Waals surface area contributed by atoms with E-state index >= 15 is 0 Å². The number of rotatable bonds is 5. The number of hydrogen-bond acceptors (Lipinski definition) is 7. The first-order valence-electron chi connectivity index (χ1n) is 10.4. The molecule has 1 saturated heterocycles. The monoisotopic (exact) mass is 421 g/mol. The normalized spacial score (nSPS) is 17.6. The molecule has 1 unspecified atom stereocenters. The maximum absolute atomic E-state index is 12.7. The Morgan fingerprint density at radius 2 is 1.97 bits per heavy atom. The fraction of sp³-hybridized carbons (Fsp3) is 0.348. The standard InChI is InChI=1S/C23H23N3O5/c1-15-4-7-18(8-5-15)28-13-21(27)26-10-2-3-17(12-26)23-25-24-22(31-23)16-6-9-19-20(11-16)30-14-29-19/h4-9,11,17H,2-3,10,12-14H2,1H3. The first kappa shape index (κ1) is 19.4. The van der Waals surface area contributed by atoms with E-state index in [9.17, 15) is 4.79 Å². The summed E-state index contributed by atoms with van der Waals surface area (Å²) in [5.41, 5.74) is 1.93. The summed E-state index contributed by atoms with van der Waals surface area (Å²) in [6.45, 7) is 3.49. The summed E-state index contributed by atoms with van der Waals surface area (Å²) in [7, 11) is 0. The average molecular weight is 421 g/mol. The van der Waals surface area contributed by atoms with Gasteiger partial charge in [-0.2, -0.15) is 0 Å². The molecule has 160 valence electrons. The van der Waals surface area contributed by atoms with Gasteiger partial charge in [-0.3, -0.25) is 4.79 Å². The van der Waals surface area contributed by atoms with Crippen molar-refractivity contribution >= 4 is 5.91 Å². The van der Waals surface area contributed by atoms with Crippen molar-refractivity contribution in [2.75, 3.05) is 26.5 Å². The average Bonchev–Trinajstić information content (AvgIpc) is 3.48. The highest BCUT2D eigenvalue weighted by Crippen LogP contribution is 2.36. The predicted octanol–water partition coefficient (Wildman–Crippen LogP) is 3.56. The summed E-state index contributed by atoms with van der Waals surface area (Å²) in [6.07, 6.45) is 1.77. The van der Waals surface area contributed by atoms with Gasteiger partial charge in [-0.05, 0) is 50.1 Å². The number of fused-ring (bicyclic) bond motifs is 1. The van der Waals surface area contributed by atoms with E-state index in [4.69, 9.17) is 18.6 Å². The highest BCUT2D eigenvalue weighted by Gasteiger charge is 2.29. The molecule has 8 nitrogen and oxygen atoms in total. The number of carbonyl (C=O) groups excluding carboxylic acids is 1. The first-order chi connectivity index (χ1) is 15.2. The number of ether oxygens (including phenoxy) is 3. The molecule has 8 heteroatoms. The van der Waals surface area contributed by atoms with Gasteiger partial charge in [0.05, 0.1) is 5.92 Å². The molecule has 0 saturated carbocycles. The molecule has 0 N–H and O–H groups in total. The van der Waals surface area contributed by atoms with Gasteiger partial charge >= 0.3 is 0 Å². The molecule has 3 aromatic rings. The largest absolute Gasteiger partial charge is 0.484 e. The number of carbonyl (C=O) groups is 1. The van der Waals surface area contributed by atoms with Gasteiger partial charge in [-0.1, -0.05) is 17.7 Å². The van der Waals surface area contributed by atoms with Crippen molar-refractivity contribution in [3.8, 4) is 28.7 Å². The van der Waals surface area contributed by atoms with E-state index in [-0.39, 0.29) is 25.2 Å². The molecular formula is C23H23N3O5. The molecule has 1 aromatic heterocycles. The number of likely N-dealkylation sites (tertiary alicyclic amines) is 1. The van der Waals surface area contributed by atoms with Crippen LogP contribution in [0.5, 0.6) is 17.2 Å². The number of benzene rings is 2. The van der Waals surface area contributed by atoms with Crippen molar-refractivity contribution in [2.45, 2.75) is 25.7 Å². The molecule has 5 rings (SSSR count). The van der Waals surface area contributed by atoms with Crippen LogP contribution in [0.3, 0.4) is 0 Å². The Kier molecular flexibility index (Phi) is 5.19. The van der Waals surface area contributed by atoms with E-state index < -0.39 is 0 Å². The van der Waals surface area contributed by atoms with Gasteiger partial charge in [0.15, 0.2) is 18.1 Å². The molecular weight excluding hydrogens is 398 g/mol. The van der Waals surface area contributed by atoms with Crippen LogP contribution in [0.25, 0.3) is 11.5 Å². The lowest BCUT2D eigenvalue weighted by molar-refractivity contribution is -0.134. The highest BCUT2D eigenvalue weighted by atomic mass is 16.7. The first-order valence-corrected chi connectivity index (χ1v) is 10.4. The maximum Gasteiger partial charge on any atom is 0.260 e. The fourth-order valence-corrected chi connectivity index (χ4v) is 3.82. The maximum atomic E-state index is 12.7. The van der Waals surface area contributed by atoms with Crippen LogP contribution in [0, 0.1) is 6.92 Å². The van der Waals surface area contributed by atoms with Gasteiger partial charge in [0.2, 0.25) is 18.6 Å². The van der Waals surface area contributed by atoms with E-state index in [1.54, 1.807) is 0 Å². The second kappa shape index (κ2) is 8.29. The smallest absolute Gasteiger partial charge is 0.260 e. The topological polar surface area (TPSA) is 86.9 Å².